The molecule has 0 unspecified atom stereocenters. The van der Waals surface area contributed by atoms with Gasteiger partial charge in [-0.3, -0.25) is 4.72 Å². The van der Waals surface area contributed by atoms with E-state index in [9.17, 15) is 8.42 Å². The summed E-state index contributed by atoms with van der Waals surface area (Å²) in [7, 11) is -3.25. The average Bonchev–Trinajstić information content (AvgIpc) is 2.97. The molecule has 0 spiro atoms. The summed E-state index contributed by atoms with van der Waals surface area (Å²) in [6, 6.07) is 17.2. The van der Waals surface area contributed by atoms with Gasteiger partial charge in [-0.1, -0.05) is 42.5 Å². The number of nitrogens with zero attached hydrogens (tertiary/aromatic N) is 1. The maximum atomic E-state index is 11.2. The van der Waals surface area contributed by atoms with E-state index in [0.29, 0.717) is 5.69 Å². The van der Waals surface area contributed by atoms with Crippen LogP contribution < -0.4 is 4.72 Å². The Morgan fingerprint density at radius 1 is 0.955 bits per heavy atom. The van der Waals surface area contributed by atoms with Crippen molar-refractivity contribution in [3.05, 3.63) is 60.0 Å². The van der Waals surface area contributed by atoms with Crippen LogP contribution in [-0.4, -0.2) is 19.7 Å². The minimum atomic E-state index is -3.25. The van der Waals surface area contributed by atoms with Crippen molar-refractivity contribution in [1.82, 2.24) is 4.98 Å². The minimum absolute atomic E-state index is 0.546. The molecule has 0 aliphatic rings. The molecular weight excluding hydrogens is 316 g/mol. The third-order valence-electron chi connectivity index (χ3n) is 3.01. The quantitative estimate of drug-likeness (QED) is 0.790. The molecular formula is C16H14N2O2S2. The van der Waals surface area contributed by atoms with Crippen molar-refractivity contribution in [1.29, 1.82) is 0 Å². The zero-order valence-electron chi connectivity index (χ0n) is 11.9. The van der Waals surface area contributed by atoms with Gasteiger partial charge in [-0.05, 0) is 12.1 Å². The Morgan fingerprint density at radius 3 is 2.27 bits per heavy atom. The molecule has 0 aliphatic heterocycles. The van der Waals surface area contributed by atoms with Gasteiger partial charge >= 0.3 is 0 Å². The van der Waals surface area contributed by atoms with Gasteiger partial charge in [0, 0.05) is 22.2 Å². The summed E-state index contributed by atoms with van der Waals surface area (Å²) >= 11 is 1.59. The van der Waals surface area contributed by atoms with Crippen LogP contribution >= 0.6 is 11.3 Å². The molecule has 3 aromatic rings. The molecule has 1 heterocycles. The third kappa shape index (κ3) is 3.52. The Morgan fingerprint density at radius 2 is 1.64 bits per heavy atom. The SMILES string of the molecule is CS(=O)(=O)Nc1ccc(-c2csc(-c3ccccc3)n2)cc1. The van der Waals surface area contributed by atoms with Crippen LogP contribution in [0.25, 0.3) is 21.8 Å². The number of benzene rings is 2. The summed E-state index contributed by atoms with van der Waals surface area (Å²) in [6.07, 6.45) is 1.13. The Kier molecular flexibility index (Phi) is 3.96. The lowest BCUT2D eigenvalue weighted by atomic mass is 10.1. The van der Waals surface area contributed by atoms with E-state index in [0.717, 1.165) is 28.1 Å². The first kappa shape index (κ1) is 14.7. The van der Waals surface area contributed by atoms with E-state index >= 15 is 0 Å². The second-order valence-corrected chi connectivity index (χ2v) is 7.46. The van der Waals surface area contributed by atoms with Crippen molar-refractivity contribution in [2.75, 3.05) is 11.0 Å². The van der Waals surface area contributed by atoms with E-state index in [1.807, 2.05) is 47.8 Å². The standard InChI is InChI=1S/C16H14N2O2S2/c1-22(19,20)18-14-9-7-12(8-10-14)15-11-21-16(17-15)13-5-3-2-4-6-13/h2-11,18H,1H3. The average molecular weight is 330 g/mol. The van der Waals surface area contributed by atoms with Crippen LogP contribution in [0, 0.1) is 0 Å². The smallest absolute Gasteiger partial charge is 0.229 e. The molecule has 4 nitrogen and oxygen atoms in total. The predicted molar refractivity (Wildman–Crippen MR) is 91.5 cm³/mol. The molecule has 3 rings (SSSR count). The van der Waals surface area contributed by atoms with Crippen molar-refractivity contribution in [2.24, 2.45) is 0 Å². The second kappa shape index (κ2) is 5.90. The van der Waals surface area contributed by atoms with Crippen LogP contribution in [0.3, 0.4) is 0 Å². The fourth-order valence-electron chi connectivity index (χ4n) is 2.04. The molecule has 0 aliphatic carbocycles. The number of anilines is 1. The first-order valence-corrected chi connectivity index (χ1v) is 9.37. The van der Waals surface area contributed by atoms with Crippen LogP contribution in [-0.2, 0) is 10.0 Å². The number of nitrogens with one attached hydrogen (secondary N) is 1. The van der Waals surface area contributed by atoms with Gasteiger partial charge in [0.2, 0.25) is 10.0 Å². The molecule has 0 atom stereocenters. The summed E-state index contributed by atoms with van der Waals surface area (Å²) < 4.78 is 24.8. The molecule has 2 aromatic carbocycles. The summed E-state index contributed by atoms with van der Waals surface area (Å²) in [4.78, 5) is 4.63. The van der Waals surface area contributed by atoms with Crippen molar-refractivity contribution < 1.29 is 8.42 Å². The molecule has 22 heavy (non-hydrogen) atoms. The normalized spacial score (nSPS) is 11.3. The number of rotatable bonds is 4. The van der Waals surface area contributed by atoms with Gasteiger partial charge in [-0.25, -0.2) is 13.4 Å². The van der Waals surface area contributed by atoms with E-state index in [1.165, 1.54) is 0 Å². The molecule has 0 bridgehead atoms. The largest absolute Gasteiger partial charge is 0.284 e. The molecule has 0 saturated carbocycles. The monoisotopic (exact) mass is 330 g/mol. The molecule has 1 N–H and O–H groups in total. The lowest BCUT2D eigenvalue weighted by Crippen LogP contribution is -2.09. The van der Waals surface area contributed by atoms with Gasteiger partial charge in [-0.15, -0.1) is 11.3 Å². The van der Waals surface area contributed by atoms with E-state index < -0.39 is 10.0 Å². The van der Waals surface area contributed by atoms with Crippen molar-refractivity contribution >= 4 is 27.0 Å². The lowest BCUT2D eigenvalue weighted by Gasteiger charge is -2.04. The lowest BCUT2D eigenvalue weighted by molar-refractivity contribution is 0.607. The molecule has 6 heteroatoms. The highest BCUT2D eigenvalue weighted by atomic mass is 32.2. The maximum Gasteiger partial charge on any atom is 0.229 e. The Hall–Kier alpha value is -2.18. The number of aromatic nitrogens is 1. The highest BCUT2D eigenvalue weighted by Gasteiger charge is 2.07. The first-order chi connectivity index (χ1) is 10.5. The summed E-state index contributed by atoms with van der Waals surface area (Å²) in [6.45, 7) is 0. The number of thiazole rings is 1. The number of sulfonamides is 1. The van der Waals surface area contributed by atoms with Gasteiger partial charge < -0.3 is 0 Å². The fraction of sp³-hybridized carbons (Fsp3) is 0.0625. The van der Waals surface area contributed by atoms with Crippen LogP contribution in [0.15, 0.2) is 60.0 Å². The van der Waals surface area contributed by atoms with E-state index in [4.69, 9.17) is 0 Å². The molecule has 0 amide bonds. The predicted octanol–water partition coefficient (Wildman–Crippen LogP) is 3.85. The van der Waals surface area contributed by atoms with Gasteiger partial charge in [0.1, 0.15) is 5.01 Å². The fourth-order valence-corrected chi connectivity index (χ4v) is 3.44. The summed E-state index contributed by atoms with van der Waals surface area (Å²) in [5.41, 5.74) is 3.48. The molecule has 0 saturated heterocycles. The van der Waals surface area contributed by atoms with Crippen LogP contribution in [0.4, 0.5) is 5.69 Å². The topological polar surface area (TPSA) is 59.1 Å². The summed E-state index contributed by atoms with van der Waals surface area (Å²) in [5.74, 6) is 0. The van der Waals surface area contributed by atoms with Crippen molar-refractivity contribution in [3.8, 4) is 21.8 Å². The zero-order valence-corrected chi connectivity index (χ0v) is 13.5. The van der Waals surface area contributed by atoms with Gasteiger partial charge in [-0.2, -0.15) is 0 Å². The molecule has 0 radical (unpaired) electrons. The highest BCUT2D eigenvalue weighted by Crippen LogP contribution is 2.29. The molecule has 1 aromatic heterocycles. The van der Waals surface area contributed by atoms with Crippen LogP contribution in [0.2, 0.25) is 0 Å². The van der Waals surface area contributed by atoms with Crippen LogP contribution in [0.1, 0.15) is 0 Å². The summed E-state index contributed by atoms with van der Waals surface area (Å²) in [5, 5.41) is 2.97. The molecule has 0 fully saturated rings. The van der Waals surface area contributed by atoms with Gasteiger partial charge in [0.05, 0.1) is 11.9 Å². The highest BCUT2D eigenvalue weighted by molar-refractivity contribution is 7.92. The van der Waals surface area contributed by atoms with Gasteiger partial charge in [0.25, 0.3) is 0 Å². The number of hydrogen-bond acceptors (Lipinski definition) is 4. The van der Waals surface area contributed by atoms with Crippen molar-refractivity contribution in [3.63, 3.8) is 0 Å². The van der Waals surface area contributed by atoms with E-state index in [1.54, 1.807) is 23.5 Å². The Bertz CT molecular complexity index is 870. The zero-order chi connectivity index (χ0) is 15.6. The maximum absolute atomic E-state index is 11.2. The Labute approximate surface area is 133 Å². The van der Waals surface area contributed by atoms with Crippen molar-refractivity contribution in [2.45, 2.75) is 0 Å². The molecule has 112 valence electrons. The number of hydrogen-bond donors (Lipinski definition) is 1. The Balaban J connectivity index is 1.85. The minimum Gasteiger partial charge on any atom is -0.284 e. The van der Waals surface area contributed by atoms with E-state index in [2.05, 4.69) is 9.71 Å². The third-order valence-corrected chi connectivity index (χ3v) is 4.51. The first-order valence-electron chi connectivity index (χ1n) is 6.60. The van der Waals surface area contributed by atoms with Gasteiger partial charge in [0.15, 0.2) is 0 Å². The van der Waals surface area contributed by atoms with E-state index in [-0.39, 0.29) is 0 Å². The van der Waals surface area contributed by atoms with Crippen LogP contribution in [0.5, 0.6) is 0 Å². The second-order valence-electron chi connectivity index (χ2n) is 4.86.